The molecule has 3 nitrogen and oxygen atoms in total. The number of benzene rings is 1. The molecule has 0 saturated carbocycles. The second-order valence-electron chi connectivity index (χ2n) is 4.40. The van der Waals surface area contributed by atoms with Crippen molar-refractivity contribution in [2.75, 3.05) is 0 Å². The molecule has 3 rings (SSSR count). The van der Waals surface area contributed by atoms with E-state index >= 15 is 0 Å². The van der Waals surface area contributed by atoms with Gasteiger partial charge in [-0.3, -0.25) is 9.69 Å². The summed E-state index contributed by atoms with van der Waals surface area (Å²) >= 11 is 10.0. The van der Waals surface area contributed by atoms with Crippen molar-refractivity contribution in [3.05, 3.63) is 63.4 Å². The Morgan fingerprint density at radius 2 is 2.19 bits per heavy atom. The van der Waals surface area contributed by atoms with Crippen LogP contribution in [0.3, 0.4) is 0 Å². The molecular weight excluding hydrogens is 370 g/mol. The number of rotatable bonds is 3. The average Bonchev–Trinajstić information content (AvgIpc) is 3.04. The molecule has 1 aromatic carbocycles. The summed E-state index contributed by atoms with van der Waals surface area (Å²) in [6.07, 6.45) is 3.44. The second-order valence-corrected chi connectivity index (χ2v) is 6.99. The van der Waals surface area contributed by atoms with Crippen LogP contribution in [0.4, 0.5) is 0 Å². The molecule has 6 heteroatoms. The maximum absolute atomic E-state index is 12.4. The quantitative estimate of drug-likeness (QED) is 0.582. The molecule has 106 valence electrons. The van der Waals surface area contributed by atoms with Crippen molar-refractivity contribution >= 4 is 56.2 Å². The van der Waals surface area contributed by atoms with Crippen LogP contribution in [0.25, 0.3) is 6.08 Å². The summed E-state index contributed by atoms with van der Waals surface area (Å²) in [5.41, 5.74) is 0.961. The van der Waals surface area contributed by atoms with Gasteiger partial charge in [-0.25, -0.2) is 0 Å². The van der Waals surface area contributed by atoms with Crippen molar-refractivity contribution < 1.29 is 9.21 Å². The summed E-state index contributed by atoms with van der Waals surface area (Å²) in [6, 6.07) is 11.4. The van der Waals surface area contributed by atoms with Crippen molar-refractivity contribution in [1.29, 1.82) is 0 Å². The zero-order chi connectivity index (χ0) is 14.8. The summed E-state index contributed by atoms with van der Waals surface area (Å²) in [5, 5.41) is 0. The number of hydrogen-bond donors (Lipinski definition) is 0. The van der Waals surface area contributed by atoms with E-state index in [-0.39, 0.29) is 5.91 Å². The van der Waals surface area contributed by atoms with Gasteiger partial charge in [0, 0.05) is 4.47 Å². The molecule has 2 aromatic rings. The Morgan fingerprint density at radius 3 is 2.90 bits per heavy atom. The number of thioether (sulfide) groups is 1. The van der Waals surface area contributed by atoms with Crippen molar-refractivity contribution in [2.45, 2.75) is 6.54 Å². The molecule has 0 bridgehead atoms. The van der Waals surface area contributed by atoms with Crippen LogP contribution in [0.2, 0.25) is 0 Å². The van der Waals surface area contributed by atoms with Gasteiger partial charge in [-0.2, -0.15) is 0 Å². The highest BCUT2D eigenvalue weighted by atomic mass is 79.9. The van der Waals surface area contributed by atoms with E-state index in [1.54, 1.807) is 17.2 Å². The predicted molar refractivity (Wildman–Crippen MR) is 91.6 cm³/mol. The third kappa shape index (κ3) is 3.28. The van der Waals surface area contributed by atoms with Crippen LogP contribution in [-0.4, -0.2) is 15.1 Å². The fourth-order valence-electron chi connectivity index (χ4n) is 1.94. The highest BCUT2D eigenvalue weighted by molar-refractivity contribution is 9.10. The summed E-state index contributed by atoms with van der Waals surface area (Å²) in [6.45, 7) is 0.369. The predicted octanol–water partition coefficient (Wildman–Crippen LogP) is 4.44. The van der Waals surface area contributed by atoms with Crippen LogP contribution in [0.15, 0.2) is 56.5 Å². The summed E-state index contributed by atoms with van der Waals surface area (Å²) in [4.78, 5) is 14.6. The molecule has 2 heterocycles. The minimum Gasteiger partial charge on any atom is -0.467 e. The van der Waals surface area contributed by atoms with Crippen molar-refractivity contribution in [3.63, 3.8) is 0 Å². The summed E-state index contributed by atoms with van der Waals surface area (Å²) < 4.78 is 6.80. The maximum Gasteiger partial charge on any atom is 0.266 e. The fourth-order valence-corrected chi connectivity index (χ4v) is 3.61. The van der Waals surface area contributed by atoms with E-state index in [4.69, 9.17) is 16.6 Å². The van der Waals surface area contributed by atoms with Crippen molar-refractivity contribution in [3.8, 4) is 0 Å². The van der Waals surface area contributed by atoms with Crippen molar-refractivity contribution in [2.24, 2.45) is 0 Å². The number of amides is 1. The number of hydrogen-bond acceptors (Lipinski definition) is 4. The van der Waals surface area contributed by atoms with E-state index in [1.165, 1.54) is 11.8 Å². The van der Waals surface area contributed by atoms with Gasteiger partial charge in [0.1, 0.15) is 10.1 Å². The minimum absolute atomic E-state index is 0.0821. The minimum atomic E-state index is -0.0821. The van der Waals surface area contributed by atoms with Gasteiger partial charge in [-0.05, 0) is 35.9 Å². The highest BCUT2D eigenvalue weighted by Gasteiger charge is 2.32. The molecule has 1 aliphatic rings. The SMILES string of the molecule is O=C1C(=Cc2cccc(Br)c2)SC(=S)N1Cc1ccco1. The molecule has 0 N–H and O–H groups in total. The Morgan fingerprint density at radius 1 is 1.33 bits per heavy atom. The van der Waals surface area contributed by atoms with Gasteiger partial charge < -0.3 is 4.42 Å². The Labute approximate surface area is 140 Å². The molecule has 0 aliphatic carbocycles. The number of furan rings is 1. The van der Waals surface area contributed by atoms with Crippen LogP contribution < -0.4 is 0 Å². The van der Waals surface area contributed by atoms with Crippen LogP contribution in [0.1, 0.15) is 11.3 Å². The number of carbonyl (C=O) groups excluding carboxylic acids is 1. The first kappa shape index (κ1) is 14.6. The Bertz CT molecular complexity index is 725. The van der Waals surface area contributed by atoms with Crippen LogP contribution in [0.5, 0.6) is 0 Å². The first-order valence-corrected chi connectivity index (χ1v) is 8.18. The molecule has 21 heavy (non-hydrogen) atoms. The molecule has 1 amide bonds. The third-order valence-electron chi connectivity index (χ3n) is 2.91. The highest BCUT2D eigenvalue weighted by Crippen LogP contribution is 2.33. The number of carbonyl (C=O) groups is 1. The van der Waals surface area contributed by atoms with E-state index in [0.717, 1.165) is 15.8 Å². The summed E-state index contributed by atoms with van der Waals surface area (Å²) in [5.74, 6) is 0.636. The van der Waals surface area contributed by atoms with Gasteiger partial charge in [0.05, 0.1) is 17.7 Å². The van der Waals surface area contributed by atoms with E-state index in [0.29, 0.717) is 15.8 Å². The van der Waals surface area contributed by atoms with E-state index < -0.39 is 0 Å². The van der Waals surface area contributed by atoms with Gasteiger partial charge in [0.2, 0.25) is 0 Å². The fraction of sp³-hybridized carbons (Fsp3) is 0.0667. The smallest absolute Gasteiger partial charge is 0.266 e. The molecule has 1 aliphatic heterocycles. The van der Waals surface area contributed by atoms with Gasteiger partial charge in [0.25, 0.3) is 5.91 Å². The topological polar surface area (TPSA) is 33.5 Å². The molecule has 0 unspecified atom stereocenters. The average molecular weight is 380 g/mol. The lowest BCUT2D eigenvalue weighted by atomic mass is 10.2. The monoisotopic (exact) mass is 379 g/mol. The van der Waals surface area contributed by atoms with Gasteiger partial charge in [0.15, 0.2) is 0 Å². The first-order valence-electron chi connectivity index (χ1n) is 6.17. The van der Waals surface area contributed by atoms with Crippen LogP contribution in [0, 0.1) is 0 Å². The van der Waals surface area contributed by atoms with E-state index in [9.17, 15) is 4.79 Å². The maximum atomic E-state index is 12.4. The Hall–Kier alpha value is -1.37. The molecular formula is C15H10BrNO2S2. The lowest BCUT2D eigenvalue weighted by molar-refractivity contribution is -0.122. The van der Waals surface area contributed by atoms with Gasteiger partial charge in [-0.1, -0.05) is 52.0 Å². The van der Waals surface area contributed by atoms with Gasteiger partial charge in [-0.15, -0.1) is 0 Å². The third-order valence-corrected chi connectivity index (χ3v) is 4.79. The zero-order valence-electron chi connectivity index (χ0n) is 10.8. The lowest BCUT2D eigenvalue weighted by Crippen LogP contribution is -2.27. The lowest BCUT2D eigenvalue weighted by Gasteiger charge is -2.11. The van der Waals surface area contributed by atoms with E-state index in [1.807, 2.05) is 36.4 Å². The van der Waals surface area contributed by atoms with Crippen LogP contribution >= 0.6 is 39.9 Å². The largest absolute Gasteiger partial charge is 0.467 e. The van der Waals surface area contributed by atoms with Crippen LogP contribution in [-0.2, 0) is 11.3 Å². The number of halogens is 1. The molecule has 1 fully saturated rings. The molecule has 0 atom stereocenters. The molecule has 0 spiro atoms. The number of thiocarbonyl (C=S) groups is 1. The Kier molecular flexibility index (Phi) is 4.28. The normalized spacial score (nSPS) is 17.0. The number of nitrogens with zero attached hydrogens (tertiary/aromatic N) is 1. The molecule has 1 aromatic heterocycles. The standard InChI is InChI=1S/C15H10BrNO2S2/c16-11-4-1-3-10(7-11)8-13-14(18)17(15(20)21-13)9-12-5-2-6-19-12/h1-8H,9H2. The molecule has 1 saturated heterocycles. The van der Waals surface area contributed by atoms with Crippen molar-refractivity contribution in [1.82, 2.24) is 4.90 Å². The zero-order valence-corrected chi connectivity index (χ0v) is 14.0. The Balaban J connectivity index is 1.83. The molecule has 0 radical (unpaired) electrons. The first-order chi connectivity index (χ1) is 10.1. The van der Waals surface area contributed by atoms with E-state index in [2.05, 4.69) is 15.9 Å². The second kappa shape index (κ2) is 6.17. The van der Waals surface area contributed by atoms with Gasteiger partial charge >= 0.3 is 0 Å². The summed E-state index contributed by atoms with van der Waals surface area (Å²) in [7, 11) is 0.